The van der Waals surface area contributed by atoms with Crippen molar-refractivity contribution in [3.05, 3.63) is 46.7 Å². The van der Waals surface area contributed by atoms with Crippen molar-refractivity contribution in [2.45, 2.75) is 6.92 Å². The standard InChI is InChI=1S/C13H11BrN4/c1-8-2-3-11(15)5-12(8)18-7-9-4-10(14)6-16-13(9)17-18/h2-7H,15H2,1H3. The third kappa shape index (κ3) is 1.86. The number of rotatable bonds is 1. The van der Waals surface area contributed by atoms with E-state index in [1.165, 1.54) is 0 Å². The maximum absolute atomic E-state index is 5.82. The summed E-state index contributed by atoms with van der Waals surface area (Å²) in [7, 11) is 0. The molecule has 2 N–H and O–H groups in total. The first-order valence-electron chi connectivity index (χ1n) is 5.51. The molecule has 2 aromatic heterocycles. The summed E-state index contributed by atoms with van der Waals surface area (Å²) >= 11 is 3.40. The minimum atomic E-state index is 0.722. The highest BCUT2D eigenvalue weighted by molar-refractivity contribution is 9.10. The van der Waals surface area contributed by atoms with Crippen molar-refractivity contribution in [3.63, 3.8) is 0 Å². The zero-order valence-electron chi connectivity index (χ0n) is 9.76. The zero-order chi connectivity index (χ0) is 12.7. The minimum Gasteiger partial charge on any atom is -0.399 e. The number of aryl methyl sites for hydroxylation is 1. The summed E-state index contributed by atoms with van der Waals surface area (Å²) in [5, 5.41) is 5.45. The van der Waals surface area contributed by atoms with Crippen LogP contribution in [0.25, 0.3) is 16.7 Å². The molecule has 3 aromatic rings. The zero-order valence-corrected chi connectivity index (χ0v) is 11.3. The molecule has 90 valence electrons. The van der Waals surface area contributed by atoms with Gasteiger partial charge in [-0.15, -0.1) is 5.10 Å². The van der Waals surface area contributed by atoms with Crippen molar-refractivity contribution in [1.82, 2.24) is 14.8 Å². The second kappa shape index (κ2) is 4.10. The van der Waals surface area contributed by atoms with Gasteiger partial charge in [0.1, 0.15) is 0 Å². The van der Waals surface area contributed by atoms with E-state index in [2.05, 4.69) is 26.0 Å². The molecule has 0 aliphatic heterocycles. The largest absolute Gasteiger partial charge is 0.399 e. The van der Waals surface area contributed by atoms with Gasteiger partial charge in [-0.2, -0.15) is 0 Å². The molecule has 0 aliphatic rings. The number of fused-ring (bicyclic) bond motifs is 1. The van der Waals surface area contributed by atoms with Crippen LogP contribution in [0, 0.1) is 6.92 Å². The van der Waals surface area contributed by atoms with Crippen LogP contribution in [0.4, 0.5) is 5.69 Å². The maximum Gasteiger partial charge on any atom is 0.181 e. The van der Waals surface area contributed by atoms with Gasteiger partial charge in [-0.1, -0.05) is 6.07 Å². The van der Waals surface area contributed by atoms with Gasteiger partial charge in [0.15, 0.2) is 5.65 Å². The molecule has 4 nitrogen and oxygen atoms in total. The third-order valence-corrected chi connectivity index (χ3v) is 3.24. The van der Waals surface area contributed by atoms with Gasteiger partial charge in [0.25, 0.3) is 0 Å². The molecule has 2 heterocycles. The number of nitrogens with two attached hydrogens (primary N) is 1. The fourth-order valence-corrected chi connectivity index (χ4v) is 2.23. The van der Waals surface area contributed by atoms with Gasteiger partial charge in [-0.3, -0.25) is 0 Å². The molecule has 0 saturated heterocycles. The van der Waals surface area contributed by atoms with E-state index in [0.717, 1.165) is 32.4 Å². The van der Waals surface area contributed by atoms with Gasteiger partial charge in [-0.05, 0) is 46.6 Å². The lowest BCUT2D eigenvalue weighted by Crippen LogP contribution is -1.99. The SMILES string of the molecule is Cc1ccc(N)cc1-n1cc2cc(Br)cnc2n1. The quantitative estimate of drug-likeness (QED) is 0.703. The van der Waals surface area contributed by atoms with Crippen LogP contribution in [-0.2, 0) is 0 Å². The molecule has 0 saturated carbocycles. The van der Waals surface area contributed by atoms with E-state index in [9.17, 15) is 0 Å². The topological polar surface area (TPSA) is 56.7 Å². The van der Waals surface area contributed by atoms with Gasteiger partial charge in [-0.25, -0.2) is 9.67 Å². The van der Waals surface area contributed by atoms with E-state index in [4.69, 9.17) is 5.73 Å². The summed E-state index contributed by atoms with van der Waals surface area (Å²) in [6.07, 6.45) is 3.70. The first-order valence-corrected chi connectivity index (χ1v) is 6.30. The fourth-order valence-electron chi connectivity index (χ4n) is 1.89. The average Bonchev–Trinajstić information content (AvgIpc) is 2.74. The number of aromatic nitrogens is 3. The van der Waals surface area contributed by atoms with Crippen molar-refractivity contribution in [1.29, 1.82) is 0 Å². The average molecular weight is 303 g/mol. The van der Waals surface area contributed by atoms with E-state index < -0.39 is 0 Å². The van der Waals surface area contributed by atoms with Crippen LogP contribution in [0.5, 0.6) is 0 Å². The number of nitrogens with zero attached hydrogens (tertiary/aromatic N) is 3. The molecule has 0 unspecified atom stereocenters. The Labute approximate surface area is 113 Å². The van der Waals surface area contributed by atoms with E-state index in [0.29, 0.717) is 0 Å². The summed E-state index contributed by atoms with van der Waals surface area (Å²) in [4.78, 5) is 4.27. The Morgan fingerprint density at radius 2 is 2.11 bits per heavy atom. The van der Waals surface area contributed by atoms with Crippen molar-refractivity contribution in [2.24, 2.45) is 0 Å². The van der Waals surface area contributed by atoms with Gasteiger partial charge in [0.05, 0.1) is 5.69 Å². The van der Waals surface area contributed by atoms with Crippen LogP contribution in [-0.4, -0.2) is 14.8 Å². The highest BCUT2D eigenvalue weighted by Gasteiger charge is 2.06. The molecule has 0 amide bonds. The van der Waals surface area contributed by atoms with Gasteiger partial charge in [0, 0.05) is 27.9 Å². The van der Waals surface area contributed by atoms with Crippen LogP contribution in [0.3, 0.4) is 0 Å². The maximum atomic E-state index is 5.82. The Bertz CT molecular complexity index is 733. The first kappa shape index (κ1) is 11.2. The smallest absolute Gasteiger partial charge is 0.181 e. The second-order valence-corrected chi connectivity index (χ2v) is 5.10. The Balaban J connectivity index is 2.22. The molecule has 0 radical (unpaired) electrons. The number of benzene rings is 1. The molecule has 0 fully saturated rings. The number of halogens is 1. The number of nitrogen functional groups attached to an aromatic ring is 1. The van der Waals surface area contributed by atoms with Crippen LogP contribution in [0.1, 0.15) is 5.56 Å². The lowest BCUT2D eigenvalue weighted by atomic mass is 10.2. The summed E-state index contributed by atoms with van der Waals surface area (Å²) in [6, 6.07) is 7.78. The summed E-state index contributed by atoms with van der Waals surface area (Å²) in [5.74, 6) is 0. The number of hydrogen-bond donors (Lipinski definition) is 1. The molecule has 0 bridgehead atoms. The Kier molecular flexibility index (Phi) is 2.56. The predicted octanol–water partition coefficient (Wildman–Crippen LogP) is 3.07. The molecular weight excluding hydrogens is 292 g/mol. The lowest BCUT2D eigenvalue weighted by Gasteiger charge is -2.06. The van der Waals surface area contributed by atoms with Crippen molar-refractivity contribution in [2.75, 3.05) is 5.73 Å². The fraction of sp³-hybridized carbons (Fsp3) is 0.0769. The normalized spacial score (nSPS) is 11.0. The molecule has 3 rings (SSSR count). The van der Waals surface area contributed by atoms with E-state index in [1.807, 2.05) is 42.1 Å². The summed E-state index contributed by atoms with van der Waals surface area (Å²) in [5.41, 5.74) is 9.36. The van der Waals surface area contributed by atoms with Crippen LogP contribution in [0.15, 0.2) is 41.1 Å². The molecule has 0 aliphatic carbocycles. The van der Waals surface area contributed by atoms with Crippen molar-refractivity contribution < 1.29 is 0 Å². The number of anilines is 1. The molecule has 0 spiro atoms. The minimum absolute atomic E-state index is 0.722. The monoisotopic (exact) mass is 302 g/mol. The van der Waals surface area contributed by atoms with Gasteiger partial charge >= 0.3 is 0 Å². The Morgan fingerprint density at radius 3 is 2.94 bits per heavy atom. The van der Waals surface area contributed by atoms with Crippen molar-refractivity contribution in [3.8, 4) is 5.69 Å². The Hall–Kier alpha value is -1.88. The molecular formula is C13H11BrN4. The second-order valence-electron chi connectivity index (χ2n) is 4.19. The van der Waals surface area contributed by atoms with E-state index in [1.54, 1.807) is 6.20 Å². The molecule has 1 aromatic carbocycles. The van der Waals surface area contributed by atoms with E-state index >= 15 is 0 Å². The van der Waals surface area contributed by atoms with Crippen LogP contribution < -0.4 is 5.73 Å². The number of hydrogen-bond acceptors (Lipinski definition) is 3. The molecule has 0 atom stereocenters. The third-order valence-electron chi connectivity index (χ3n) is 2.81. The lowest BCUT2D eigenvalue weighted by molar-refractivity contribution is 0.882. The number of pyridine rings is 1. The van der Waals surface area contributed by atoms with Crippen molar-refractivity contribution >= 4 is 32.7 Å². The highest BCUT2D eigenvalue weighted by atomic mass is 79.9. The van der Waals surface area contributed by atoms with Gasteiger partial charge in [0.2, 0.25) is 0 Å². The molecule has 18 heavy (non-hydrogen) atoms. The van der Waals surface area contributed by atoms with E-state index in [-0.39, 0.29) is 0 Å². The van der Waals surface area contributed by atoms with Crippen LogP contribution >= 0.6 is 15.9 Å². The summed E-state index contributed by atoms with van der Waals surface area (Å²) in [6.45, 7) is 2.03. The summed E-state index contributed by atoms with van der Waals surface area (Å²) < 4.78 is 2.76. The van der Waals surface area contributed by atoms with Gasteiger partial charge < -0.3 is 5.73 Å². The van der Waals surface area contributed by atoms with Crippen LogP contribution in [0.2, 0.25) is 0 Å². The predicted molar refractivity (Wildman–Crippen MR) is 75.7 cm³/mol. The highest BCUT2D eigenvalue weighted by Crippen LogP contribution is 2.21. The molecule has 5 heteroatoms. The Morgan fingerprint density at radius 1 is 1.28 bits per heavy atom. The first-order chi connectivity index (χ1) is 8.63.